The lowest BCUT2D eigenvalue weighted by molar-refractivity contribution is 0.0932. The predicted octanol–water partition coefficient (Wildman–Crippen LogP) is 3.16. The van der Waals surface area contributed by atoms with Crippen molar-refractivity contribution in [2.45, 2.75) is 25.8 Å². The van der Waals surface area contributed by atoms with Gasteiger partial charge in [0.05, 0.1) is 13.2 Å². The van der Waals surface area contributed by atoms with Crippen molar-refractivity contribution in [1.29, 1.82) is 0 Å². The Balaban J connectivity index is 1.75. The Hall–Kier alpha value is -3.22. The zero-order valence-electron chi connectivity index (χ0n) is 15.7. The topological polar surface area (TPSA) is 81.9 Å². The van der Waals surface area contributed by atoms with Crippen LogP contribution >= 0.6 is 0 Å². The van der Waals surface area contributed by atoms with Gasteiger partial charge in [-0.15, -0.1) is 0 Å². The summed E-state index contributed by atoms with van der Waals surface area (Å²) in [6, 6.07) is 8.78. The van der Waals surface area contributed by atoms with E-state index in [-0.39, 0.29) is 11.9 Å². The number of aromatic nitrogens is 4. The molecule has 1 aromatic carbocycles. The van der Waals surface area contributed by atoms with E-state index in [1.54, 1.807) is 37.7 Å². The molecule has 3 rings (SSSR count). The summed E-state index contributed by atoms with van der Waals surface area (Å²) in [5.41, 5.74) is 1.40. The average Bonchev–Trinajstić information content (AvgIpc) is 3.13. The molecule has 0 radical (unpaired) electrons. The van der Waals surface area contributed by atoms with Crippen LogP contribution in [0.5, 0.6) is 5.88 Å². The van der Waals surface area contributed by atoms with Crippen LogP contribution in [-0.2, 0) is 7.05 Å². The highest BCUT2D eigenvalue weighted by molar-refractivity contribution is 5.94. The molecule has 2 heterocycles. The van der Waals surface area contributed by atoms with E-state index in [0.29, 0.717) is 17.3 Å². The number of amides is 1. The van der Waals surface area contributed by atoms with Gasteiger partial charge in [-0.3, -0.25) is 4.79 Å². The molecule has 0 spiro atoms. The van der Waals surface area contributed by atoms with Crippen molar-refractivity contribution in [2.75, 3.05) is 7.11 Å². The molecule has 7 heteroatoms. The van der Waals surface area contributed by atoms with Crippen molar-refractivity contribution in [3.8, 4) is 17.3 Å². The number of ether oxygens (including phenoxy) is 1. The summed E-state index contributed by atoms with van der Waals surface area (Å²) in [5, 5.41) is 3.08. The predicted molar refractivity (Wildman–Crippen MR) is 102 cm³/mol. The van der Waals surface area contributed by atoms with E-state index >= 15 is 0 Å². The summed E-state index contributed by atoms with van der Waals surface area (Å²) in [5.74, 6) is 1.78. The van der Waals surface area contributed by atoms with Crippen LogP contribution in [0.25, 0.3) is 11.4 Å². The highest BCUT2D eigenvalue weighted by Gasteiger charge is 2.18. The molecule has 1 N–H and O–H groups in total. The maximum Gasteiger partial charge on any atom is 0.251 e. The second-order valence-corrected chi connectivity index (χ2v) is 6.21. The number of rotatable bonds is 7. The van der Waals surface area contributed by atoms with Crippen LogP contribution in [0.15, 0.2) is 48.9 Å². The minimum absolute atomic E-state index is 0.121. The number of benzene rings is 1. The third-order valence-corrected chi connectivity index (χ3v) is 4.30. The fourth-order valence-corrected chi connectivity index (χ4v) is 2.87. The van der Waals surface area contributed by atoms with Crippen LogP contribution in [0, 0.1) is 0 Å². The number of nitrogens with zero attached hydrogens (tertiary/aromatic N) is 4. The first-order chi connectivity index (χ1) is 13.1. The van der Waals surface area contributed by atoms with Gasteiger partial charge < -0.3 is 14.6 Å². The van der Waals surface area contributed by atoms with E-state index in [4.69, 9.17) is 4.74 Å². The van der Waals surface area contributed by atoms with Crippen molar-refractivity contribution in [3.05, 3.63) is 60.3 Å². The Bertz CT molecular complexity index is 905. The fraction of sp³-hybridized carbons (Fsp3) is 0.300. The summed E-state index contributed by atoms with van der Waals surface area (Å²) < 4.78 is 7.06. The SMILES string of the molecule is CCCC(NC(=O)c1ccc(-c2nccc(OC)n2)cc1)c1nccn1C. The minimum Gasteiger partial charge on any atom is -0.481 e. The van der Waals surface area contributed by atoms with Crippen molar-refractivity contribution >= 4 is 5.91 Å². The average molecular weight is 365 g/mol. The highest BCUT2D eigenvalue weighted by atomic mass is 16.5. The summed E-state index contributed by atoms with van der Waals surface area (Å²) in [4.78, 5) is 25.6. The smallest absolute Gasteiger partial charge is 0.251 e. The van der Waals surface area contributed by atoms with E-state index in [0.717, 1.165) is 24.2 Å². The number of carbonyl (C=O) groups excluding carboxylic acids is 1. The lowest BCUT2D eigenvalue weighted by Gasteiger charge is -2.18. The van der Waals surface area contributed by atoms with Crippen LogP contribution in [0.4, 0.5) is 0 Å². The van der Waals surface area contributed by atoms with E-state index in [1.165, 1.54) is 0 Å². The highest BCUT2D eigenvalue weighted by Crippen LogP contribution is 2.20. The van der Waals surface area contributed by atoms with Crippen molar-refractivity contribution in [3.63, 3.8) is 0 Å². The molecule has 7 nitrogen and oxygen atoms in total. The second-order valence-electron chi connectivity index (χ2n) is 6.21. The third kappa shape index (κ3) is 4.31. The first kappa shape index (κ1) is 18.6. The van der Waals surface area contributed by atoms with Gasteiger partial charge in [0.2, 0.25) is 5.88 Å². The lowest BCUT2D eigenvalue weighted by atomic mass is 10.1. The first-order valence-corrected chi connectivity index (χ1v) is 8.88. The van der Waals surface area contributed by atoms with Crippen LogP contribution in [0.2, 0.25) is 0 Å². The molecule has 0 fully saturated rings. The second kappa shape index (κ2) is 8.44. The summed E-state index contributed by atoms with van der Waals surface area (Å²) in [6.45, 7) is 2.09. The molecule has 1 atom stereocenters. The maximum absolute atomic E-state index is 12.7. The van der Waals surface area contributed by atoms with E-state index < -0.39 is 0 Å². The monoisotopic (exact) mass is 365 g/mol. The maximum atomic E-state index is 12.7. The Morgan fingerprint density at radius 3 is 2.59 bits per heavy atom. The number of imidazole rings is 1. The Labute approximate surface area is 158 Å². The van der Waals surface area contributed by atoms with E-state index in [9.17, 15) is 4.79 Å². The molecule has 0 aliphatic carbocycles. The lowest BCUT2D eigenvalue weighted by Crippen LogP contribution is -2.30. The number of hydrogen-bond acceptors (Lipinski definition) is 5. The molecule has 0 bridgehead atoms. The molecule has 140 valence electrons. The number of methoxy groups -OCH3 is 1. The number of carbonyl (C=O) groups is 1. The van der Waals surface area contributed by atoms with Crippen LogP contribution in [-0.4, -0.2) is 32.5 Å². The van der Waals surface area contributed by atoms with Crippen LogP contribution < -0.4 is 10.1 Å². The normalized spacial score (nSPS) is 11.8. The molecule has 0 aliphatic heterocycles. The van der Waals surface area contributed by atoms with Crippen LogP contribution in [0.1, 0.15) is 42.0 Å². The molecule has 1 amide bonds. The van der Waals surface area contributed by atoms with Gasteiger partial charge >= 0.3 is 0 Å². The summed E-state index contributed by atoms with van der Waals surface area (Å²) in [6.07, 6.45) is 7.04. The number of hydrogen-bond donors (Lipinski definition) is 1. The molecule has 0 saturated heterocycles. The van der Waals surface area contributed by atoms with Crippen LogP contribution in [0.3, 0.4) is 0 Å². The van der Waals surface area contributed by atoms with Crippen molar-refractivity contribution < 1.29 is 9.53 Å². The Morgan fingerprint density at radius 1 is 1.19 bits per heavy atom. The number of nitrogens with one attached hydrogen (secondary N) is 1. The minimum atomic E-state index is -0.130. The zero-order chi connectivity index (χ0) is 19.2. The summed E-state index contributed by atoms with van der Waals surface area (Å²) in [7, 11) is 3.49. The summed E-state index contributed by atoms with van der Waals surface area (Å²) >= 11 is 0. The van der Waals surface area contributed by atoms with Gasteiger partial charge in [0.25, 0.3) is 5.91 Å². The Morgan fingerprint density at radius 2 is 1.96 bits per heavy atom. The largest absolute Gasteiger partial charge is 0.481 e. The van der Waals surface area contributed by atoms with E-state index in [2.05, 4.69) is 27.2 Å². The molecule has 0 saturated carbocycles. The Kier molecular flexibility index (Phi) is 5.80. The molecule has 27 heavy (non-hydrogen) atoms. The van der Waals surface area contributed by atoms with Gasteiger partial charge in [0.15, 0.2) is 5.82 Å². The van der Waals surface area contributed by atoms with Gasteiger partial charge in [-0.2, -0.15) is 4.98 Å². The molecule has 2 aromatic heterocycles. The molecule has 0 aliphatic rings. The molecular weight excluding hydrogens is 342 g/mol. The fourth-order valence-electron chi connectivity index (χ4n) is 2.87. The van der Waals surface area contributed by atoms with Gasteiger partial charge in [0.1, 0.15) is 5.82 Å². The van der Waals surface area contributed by atoms with Gasteiger partial charge in [-0.1, -0.05) is 25.5 Å². The van der Waals surface area contributed by atoms with Gasteiger partial charge in [0, 0.05) is 42.8 Å². The molecular formula is C20H23N5O2. The van der Waals surface area contributed by atoms with Crippen molar-refractivity contribution in [2.24, 2.45) is 7.05 Å². The van der Waals surface area contributed by atoms with Gasteiger partial charge in [-0.05, 0) is 18.6 Å². The first-order valence-electron chi connectivity index (χ1n) is 8.88. The quantitative estimate of drug-likeness (QED) is 0.695. The number of aryl methyl sites for hydroxylation is 1. The molecule has 1 unspecified atom stereocenters. The molecule has 3 aromatic rings. The third-order valence-electron chi connectivity index (χ3n) is 4.30. The van der Waals surface area contributed by atoms with E-state index in [1.807, 2.05) is 29.9 Å². The van der Waals surface area contributed by atoms with Crippen molar-refractivity contribution in [1.82, 2.24) is 24.8 Å². The van der Waals surface area contributed by atoms with Gasteiger partial charge in [-0.25, -0.2) is 9.97 Å². The zero-order valence-corrected chi connectivity index (χ0v) is 15.7. The standard InChI is InChI=1S/C20H23N5O2/c1-4-5-16(19-22-12-13-25(19)2)23-20(26)15-8-6-14(7-9-15)18-21-11-10-17(24-18)27-3/h6-13,16H,4-5H2,1-3H3,(H,23,26).